The van der Waals surface area contributed by atoms with Crippen LogP contribution in [0.5, 0.6) is 0 Å². The number of carbonyl (C=O) groups is 2. The first kappa shape index (κ1) is 24.9. The van der Waals surface area contributed by atoms with Crippen LogP contribution in [0.25, 0.3) is 0 Å². The SMILES string of the molecule is Cc1c(Cc2ccc(F)c(C(=O)N3CCN(C4CCC(c5ccccc5)C4)C(=O)C3)c2)n[nH]c(=O)c1C. The van der Waals surface area contributed by atoms with Crippen molar-refractivity contribution >= 4 is 11.8 Å². The molecule has 2 fully saturated rings. The topological polar surface area (TPSA) is 86.4 Å². The molecular weight excluding hydrogens is 471 g/mol. The van der Waals surface area contributed by atoms with Gasteiger partial charge in [-0.1, -0.05) is 36.4 Å². The maximum atomic E-state index is 14.7. The monoisotopic (exact) mass is 502 g/mol. The number of benzene rings is 2. The zero-order valence-corrected chi connectivity index (χ0v) is 21.2. The highest BCUT2D eigenvalue weighted by Crippen LogP contribution is 2.37. The van der Waals surface area contributed by atoms with E-state index in [1.54, 1.807) is 13.0 Å². The quantitative estimate of drug-likeness (QED) is 0.576. The van der Waals surface area contributed by atoms with Gasteiger partial charge in [0.15, 0.2) is 0 Å². The first-order valence-corrected chi connectivity index (χ1v) is 12.8. The van der Waals surface area contributed by atoms with E-state index >= 15 is 0 Å². The van der Waals surface area contributed by atoms with Crippen LogP contribution in [0.4, 0.5) is 4.39 Å². The Morgan fingerprint density at radius 3 is 2.59 bits per heavy atom. The Labute approximate surface area is 215 Å². The van der Waals surface area contributed by atoms with Crippen LogP contribution in [0.2, 0.25) is 0 Å². The van der Waals surface area contributed by atoms with Gasteiger partial charge in [0.1, 0.15) is 12.4 Å². The Hall–Kier alpha value is -3.81. The molecule has 1 aliphatic heterocycles. The highest BCUT2D eigenvalue weighted by Gasteiger charge is 2.36. The number of nitrogens with zero attached hydrogens (tertiary/aromatic N) is 3. The van der Waals surface area contributed by atoms with Gasteiger partial charge in [0.05, 0.1) is 11.3 Å². The highest BCUT2D eigenvalue weighted by molar-refractivity contribution is 5.97. The fourth-order valence-corrected chi connectivity index (χ4v) is 5.57. The van der Waals surface area contributed by atoms with Crippen molar-refractivity contribution in [1.82, 2.24) is 20.0 Å². The van der Waals surface area contributed by atoms with Gasteiger partial charge in [-0.2, -0.15) is 5.10 Å². The summed E-state index contributed by atoms with van der Waals surface area (Å²) in [6.07, 6.45) is 3.27. The molecule has 5 rings (SSSR count). The predicted octanol–water partition coefficient (Wildman–Crippen LogP) is 3.74. The number of hydrogen-bond donors (Lipinski definition) is 1. The van der Waals surface area contributed by atoms with Crippen molar-refractivity contribution in [3.05, 3.63) is 98.2 Å². The lowest BCUT2D eigenvalue weighted by molar-refractivity contribution is -0.137. The van der Waals surface area contributed by atoms with E-state index in [-0.39, 0.29) is 29.6 Å². The Morgan fingerprint density at radius 2 is 1.84 bits per heavy atom. The van der Waals surface area contributed by atoms with Crippen LogP contribution >= 0.6 is 0 Å². The summed E-state index contributed by atoms with van der Waals surface area (Å²) in [5.74, 6) is -0.742. The maximum Gasteiger partial charge on any atom is 0.267 e. The first-order chi connectivity index (χ1) is 17.8. The molecule has 2 atom stereocenters. The number of hydrogen-bond acceptors (Lipinski definition) is 4. The minimum atomic E-state index is -0.618. The Balaban J connectivity index is 1.25. The van der Waals surface area contributed by atoms with Gasteiger partial charge >= 0.3 is 0 Å². The summed E-state index contributed by atoms with van der Waals surface area (Å²) in [4.78, 5) is 41.4. The van der Waals surface area contributed by atoms with Crippen LogP contribution < -0.4 is 5.56 Å². The molecule has 2 heterocycles. The molecule has 3 aromatic rings. The van der Waals surface area contributed by atoms with Crippen LogP contribution in [0.1, 0.15) is 63.5 Å². The van der Waals surface area contributed by atoms with E-state index in [9.17, 15) is 18.8 Å². The molecule has 8 heteroatoms. The third-order valence-corrected chi connectivity index (χ3v) is 7.92. The van der Waals surface area contributed by atoms with Crippen LogP contribution in [0, 0.1) is 19.7 Å². The Morgan fingerprint density at radius 1 is 1.05 bits per heavy atom. The smallest absolute Gasteiger partial charge is 0.267 e. The lowest BCUT2D eigenvalue weighted by Gasteiger charge is -2.38. The lowest BCUT2D eigenvalue weighted by Crippen LogP contribution is -2.55. The van der Waals surface area contributed by atoms with E-state index in [4.69, 9.17) is 0 Å². The van der Waals surface area contributed by atoms with Crippen molar-refractivity contribution in [2.24, 2.45) is 0 Å². The normalized spacial score (nSPS) is 19.9. The second kappa shape index (κ2) is 10.3. The number of halogens is 1. The van der Waals surface area contributed by atoms with Crippen molar-refractivity contribution in [3.8, 4) is 0 Å². The van der Waals surface area contributed by atoms with Gasteiger partial charge in [0.2, 0.25) is 5.91 Å². The van der Waals surface area contributed by atoms with Gasteiger partial charge in [-0.05, 0) is 67.9 Å². The predicted molar refractivity (Wildman–Crippen MR) is 138 cm³/mol. The Kier molecular flexibility index (Phi) is 6.91. The van der Waals surface area contributed by atoms with Crippen LogP contribution in [0.3, 0.4) is 0 Å². The summed E-state index contributed by atoms with van der Waals surface area (Å²) in [6, 6.07) is 15.0. The van der Waals surface area contributed by atoms with E-state index < -0.39 is 11.7 Å². The molecule has 2 unspecified atom stereocenters. The third-order valence-electron chi connectivity index (χ3n) is 7.92. The van der Waals surface area contributed by atoms with Gasteiger partial charge in [-0.25, -0.2) is 9.49 Å². The van der Waals surface area contributed by atoms with Crippen LogP contribution in [0.15, 0.2) is 53.3 Å². The zero-order chi connectivity index (χ0) is 26.1. The average Bonchev–Trinajstić information content (AvgIpc) is 3.40. The number of piperazine rings is 1. The minimum absolute atomic E-state index is 0.0468. The first-order valence-electron chi connectivity index (χ1n) is 12.8. The molecule has 1 N–H and O–H groups in total. The molecule has 1 saturated heterocycles. The summed E-state index contributed by atoms with van der Waals surface area (Å²) in [6.45, 7) is 4.33. The van der Waals surface area contributed by atoms with Gasteiger partial charge < -0.3 is 9.80 Å². The van der Waals surface area contributed by atoms with Crippen molar-refractivity contribution in [2.45, 2.75) is 51.5 Å². The molecule has 1 aliphatic carbocycles. The third kappa shape index (κ3) is 5.05. The Bertz CT molecular complexity index is 1390. The van der Waals surface area contributed by atoms with Crippen molar-refractivity contribution in [1.29, 1.82) is 0 Å². The van der Waals surface area contributed by atoms with Crippen molar-refractivity contribution in [3.63, 3.8) is 0 Å². The molecule has 0 spiro atoms. The zero-order valence-electron chi connectivity index (χ0n) is 21.2. The molecule has 37 heavy (non-hydrogen) atoms. The van der Waals surface area contributed by atoms with Crippen molar-refractivity contribution in [2.75, 3.05) is 19.6 Å². The van der Waals surface area contributed by atoms with Gasteiger partial charge in [0, 0.05) is 31.1 Å². The number of nitrogens with one attached hydrogen (secondary N) is 1. The maximum absolute atomic E-state index is 14.7. The van der Waals surface area contributed by atoms with Crippen LogP contribution in [-0.4, -0.2) is 57.5 Å². The van der Waals surface area contributed by atoms with Gasteiger partial charge in [0.25, 0.3) is 11.5 Å². The number of carbonyl (C=O) groups excluding carboxylic acids is 2. The van der Waals surface area contributed by atoms with Gasteiger partial charge in [-0.15, -0.1) is 0 Å². The lowest BCUT2D eigenvalue weighted by atomic mass is 9.97. The number of amides is 2. The second-order valence-electron chi connectivity index (χ2n) is 10.1. The number of aromatic nitrogens is 2. The average molecular weight is 503 g/mol. The second-order valence-corrected chi connectivity index (χ2v) is 10.1. The van der Waals surface area contributed by atoms with E-state index in [1.807, 2.05) is 30.0 Å². The minimum Gasteiger partial charge on any atom is -0.336 e. The largest absolute Gasteiger partial charge is 0.336 e. The molecule has 0 bridgehead atoms. The molecule has 2 amide bonds. The van der Waals surface area contributed by atoms with E-state index in [0.717, 1.165) is 24.8 Å². The van der Waals surface area contributed by atoms with E-state index in [1.165, 1.54) is 22.6 Å². The standard InChI is InChI=1S/C29H31FN4O3/c1-18-19(2)28(36)32-31-26(18)15-20-8-11-25(30)24(14-20)29(37)33-12-13-34(27(35)17-33)23-10-9-22(16-23)21-6-4-3-5-7-21/h3-8,11,14,22-23H,9-10,12-13,15-17H2,1-2H3,(H,32,36). The highest BCUT2D eigenvalue weighted by atomic mass is 19.1. The fraction of sp³-hybridized carbons (Fsp3) is 0.379. The van der Waals surface area contributed by atoms with Gasteiger partial charge in [-0.3, -0.25) is 14.4 Å². The summed E-state index contributed by atoms with van der Waals surface area (Å²) in [7, 11) is 0. The van der Waals surface area contributed by atoms with Crippen LogP contribution in [-0.2, 0) is 11.2 Å². The number of aromatic amines is 1. The van der Waals surface area contributed by atoms with E-state index in [0.29, 0.717) is 42.2 Å². The number of H-pyrrole nitrogens is 1. The molecule has 192 valence electrons. The van der Waals surface area contributed by atoms with Crippen molar-refractivity contribution < 1.29 is 14.0 Å². The summed E-state index contributed by atoms with van der Waals surface area (Å²) < 4.78 is 14.7. The molecule has 2 aromatic carbocycles. The fourth-order valence-electron chi connectivity index (χ4n) is 5.57. The molecule has 1 aromatic heterocycles. The molecule has 2 aliphatic rings. The summed E-state index contributed by atoms with van der Waals surface area (Å²) in [5.41, 5.74) is 3.73. The summed E-state index contributed by atoms with van der Waals surface area (Å²) >= 11 is 0. The molecule has 0 radical (unpaired) electrons. The summed E-state index contributed by atoms with van der Waals surface area (Å²) in [5, 5.41) is 6.60. The number of rotatable bonds is 5. The molecule has 7 nitrogen and oxygen atoms in total. The van der Waals surface area contributed by atoms with E-state index in [2.05, 4.69) is 22.3 Å². The molecule has 1 saturated carbocycles. The molecular formula is C29H31FN4O3.